The number of hydrogen-bond acceptors (Lipinski definition) is 8. The molecule has 6 N–H and O–H groups in total. The summed E-state index contributed by atoms with van der Waals surface area (Å²) in [4.78, 5) is 0. The van der Waals surface area contributed by atoms with Gasteiger partial charge in [0.25, 0.3) is 0 Å². The molecule has 0 saturated carbocycles. The maximum absolute atomic E-state index is 10.4. The van der Waals surface area contributed by atoms with Gasteiger partial charge in [-0.05, 0) is 31.2 Å². The molecular weight excluding hydrogens is 348 g/mol. The summed E-state index contributed by atoms with van der Waals surface area (Å²) in [6.07, 6.45) is -4.77. The average molecular weight is 372 g/mol. The highest BCUT2D eigenvalue weighted by molar-refractivity contribution is 6.33. The van der Waals surface area contributed by atoms with Crippen molar-refractivity contribution in [2.75, 3.05) is 10.9 Å². The summed E-state index contributed by atoms with van der Waals surface area (Å²) >= 11 is 0. The van der Waals surface area contributed by atoms with Crippen molar-refractivity contribution in [3.63, 3.8) is 0 Å². The van der Waals surface area contributed by atoms with Crippen LogP contribution in [0.15, 0.2) is 70.9 Å². The van der Waals surface area contributed by atoms with Crippen LogP contribution in [-0.4, -0.2) is 56.8 Å². The van der Waals surface area contributed by atoms with Gasteiger partial charge >= 0.3 is 0 Å². The van der Waals surface area contributed by atoms with Crippen LogP contribution in [-0.2, 0) is 0 Å². The maximum atomic E-state index is 10.4. The normalized spacial score (nSPS) is 16.6. The van der Waals surface area contributed by atoms with Crippen molar-refractivity contribution in [1.29, 1.82) is 0 Å². The summed E-state index contributed by atoms with van der Waals surface area (Å²) in [7, 11) is 0. The second-order valence-electron chi connectivity index (χ2n) is 5.92. The van der Waals surface area contributed by atoms with E-state index in [1.807, 2.05) is 36.4 Å². The number of hydrogen-bond donors (Lipinski definition) is 6. The predicted molar refractivity (Wildman–Crippen MR) is 106 cm³/mol. The third kappa shape index (κ3) is 6.46. The van der Waals surface area contributed by atoms with E-state index in [2.05, 4.69) is 21.1 Å². The number of hydrazone groups is 2. The second kappa shape index (κ2) is 10.4. The van der Waals surface area contributed by atoms with Crippen LogP contribution in [0.1, 0.15) is 6.92 Å². The van der Waals surface area contributed by atoms with Crippen LogP contribution in [0.25, 0.3) is 0 Å². The van der Waals surface area contributed by atoms with E-state index >= 15 is 0 Å². The lowest BCUT2D eigenvalue weighted by Crippen LogP contribution is -2.47. The molecule has 0 bridgehead atoms. The van der Waals surface area contributed by atoms with Crippen molar-refractivity contribution in [3.8, 4) is 0 Å². The van der Waals surface area contributed by atoms with Gasteiger partial charge in [-0.1, -0.05) is 36.4 Å². The fourth-order valence-electron chi connectivity index (χ4n) is 2.15. The number of nitrogens with one attached hydrogen (secondary N) is 2. The first-order chi connectivity index (χ1) is 13.0. The van der Waals surface area contributed by atoms with Crippen LogP contribution in [0.4, 0.5) is 11.4 Å². The molecule has 27 heavy (non-hydrogen) atoms. The van der Waals surface area contributed by atoms with Gasteiger partial charge in [-0.15, -0.1) is 0 Å². The van der Waals surface area contributed by atoms with Crippen LogP contribution in [0.3, 0.4) is 0 Å². The van der Waals surface area contributed by atoms with Crippen LogP contribution >= 0.6 is 0 Å². The Morgan fingerprint density at radius 1 is 0.815 bits per heavy atom. The lowest BCUT2D eigenvalue weighted by molar-refractivity contribution is -0.0826. The van der Waals surface area contributed by atoms with Gasteiger partial charge in [-0.25, -0.2) is 0 Å². The molecule has 0 aliphatic heterocycles. The Bertz CT molecular complexity index is 738. The van der Waals surface area contributed by atoms with E-state index in [1.54, 1.807) is 24.3 Å². The van der Waals surface area contributed by atoms with Crippen molar-refractivity contribution in [3.05, 3.63) is 60.7 Å². The monoisotopic (exact) mass is 372 g/mol. The number of aliphatic hydroxyl groups excluding tert-OH is 4. The smallest absolute Gasteiger partial charge is 0.128 e. The van der Waals surface area contributed by atoms with Gasteiger partial charge < -0.3 is 20.4 Å². The van der Waals surface area contributed by atoms with Crippen molar-refractivity contribution in [1.82, 2.24) is 0 Å². The minimum absolute atomic E-state index is 0.0329. The highest BCUT2D eigenvalue weighted by Gasteiger charge is 2.31. The molecule has 0 heterocycles. The molecule has 0 saturated heterocycles. The molecule has 2 aromatic carbocycles. The standard InChI is InChI=1S/C19H24N4O4/c1-13(24)17(25)19(27)18(26)16(23-22-15-10-6-3-7-11-15)12-20-21-14-8-4-2-5-9-14/h2-13,17-19,21-22,24-27H,1H3/b20-12+,23-16+. The molecular formula is C19H24N4O4. The highest BCUT2D eigenvalue weighted by Crippen LogP contribution is 2.09. The van der Waals surface area contributed by atoms with Crippen LogP contribution in [0.2, 0.25) is 0 Å². The average Bonchev–Trinajstić information content (AvgIpc) is 2.70. The molecule has 0 aromatic heterocycles. The fraction of sp³-hybridized carbons (Fsp3) is 0.263. The van der Waals surface area contributed by atoms with E-state index in [4.69, 9.17) is 0 Å². The summed E-state index contributed by atoms with van der Waals surface area (Å²) in [6, 6.07) is 18.2. The Hall–Kier alpha value is -2.78. The number of aliphatic hydroxyl groups is 4. The van der Waals surface area contributed by atoms with E-state index in [0.717, 1.165) is 5.69 Å². The Labute approximate surface area is 157 Å². The number of anilines is 2. The number of rotatable bonds is 9. The summed E-state index contributed by atoms with van der Waals surface area (Å²) in [5.74, 6) is 0. The van der Waals surface area contributed by atoms with Gasteiger partial charge in [0.05, 0.1) is 23.7 Å². The topological polar surface area (TPSA) is 130 Å². The van der Waals surface area contributed by atoms with E-state index < -0.39 is 24.4 Å². The Morgan fingerprint density at radius 2 is 1.33 bits per heavy atom. The van der Waals surface area contributed by atoms with Crippen molar-refractivity contribution in [2.24, 2.45) is 10.2 Å². The van der Waals surface area contributed by atoms with Crippen molar-refractivity contribution < 1.29 is 20.4 Å². The molecule has 8 nitrogen and oxygen atoms in total. The van der Waals surface area contributed by atoms with Gasteiger partial charge in [0.15, 0.2) is 0 Å². The first-order valence-electron chi connectivity index (χ1n) is 8.44. The van der Waals surface area contributed by atoms with Gasteiger partial charge in [-0.3, -0.25) is 10.9 Å². The predicted octanol–water partition coefficient (Wildman–Crippen LogP) is 1.02. The van der Waals surface area contributed by atoms with E-state index in [1.165, 1.54) is 13.1 Å². The third-order valence-electron chi connectivity index (χ3n) is 3.72. The van der Waals surface area contributed by atoms with Crippen molar-refractivity contribution in [2.45, 2.75) is 31.3 Å². The SMILES string of the molecule is CC(O)C(O)C(O)C(O)C(/C=N/Nc1ccccc1)=N/Nc1ccccc1. The lowest BCUT2D eigenvalue weighted by atomic mass is 10.0. The van der Waals surface area contributed by atoms with E-state index in [-0.39, 0.29) is 5.71 Å². The first kappa shape index (κ1) is 20.5. The Balaban J connectivity index is 2.16. The minimum atomic E-state index is -1.65. The highest BCUT2D eigenvalue weighted by atomic mass is 16.4. The van der Waals surface area contributed by atoms with Gasteiger partial charge in [0.1, 0.15) is 24.0 Å². The minimum Gasteiger partial charge on any atom is -0.391 e. The zero-order valence-corrected chi connectivity index (χ0v) is 14.8. The lowest BCUT2D eigenvalue weighted by Gasteiger charge is -2.24. The van der Waals surface area contributed by atoms with Crippen LogP contribution in [0, 0.1) is 0 Å². The molecule has 0 radical (unpaired) electrons. The maximum Gasteiger partial charge on any atom is 0.128 e. The molecule has 4 unspecified atom stereocenters. The van der Waals surface area contributed by atoms with Gasteiger partial charge in [-0.2, -0.15) is 10.2 Å². The molecule has 0 aliphatic rings. The molecule has 4 atom stereocenters. The Morgan fingerprint density at radius 3 is 1.85 bits per heavy atom. The van der Waals surface area contributed by atoms with E-state index in [9.17, 15) is 20.4 Å². The molecule has 2 aromatic rings. The number of benzene rings is 2. The van der Waals surface area contributed by atoms with Gasteiger partial charge in [0.2, 0.25) is 0 Å². The second-order valence-corrected chi connectivity index (χ2v) is 5.92. The molecule has 144 valence electrons. The summed E-state index contributed by atoms with van der Waals surface area (Å²) in [6.45, 7) is 1.31. The van der Waals surface area contributed by atoms with E-state index in [0.29, 0.717) is 5.69 Å². The molecule has 0 spiro atoms. The molecule has 8 heteroatoms. The van der Waals surface area contributed by atoms with Gasteiger partial charge in [0, 0.05) is 0 Å². The molecule has 0 fully saturated rings. The van der Waals surface area contributed by atoms with Crippen LogP contribution in [0.5, 0.6) is 0 Å². The third-order valence-corrected chi connectivity index (χ3v) is 3.72. The summed E-state index contributed by atoms with van der Waals surface area (Å²) in [5, 5.41) is 47.8. The Kier molecular flexibility index (Phi) is 7.90. The summed E-state index contributed by atoms with van der Waals surface area (Å²) in [5.41, 5.74) is 6.88. The van der Waals surface area contributed by atoms with Crippen LogP contribution < -0.4 is 10.9 Å². The molecule has 0 amide bonds. The first-order valence-corrected chi connectivity index (χ1v) is 8.44. The van der Waals surface area contributed by atoms with Crippen molar-refractivity contribution >= 4 is 23.3 Å². The quantitative estimate of drug-likeness (QED) is 0.288. The fourth-order valence-corrected chi connectivity index (χ4v) is 2.15. The zero-order chi connectivity index (χ0) is 19.6. The molecule has 2 rings (SSSR count). The number of nitrogens with zero attached hydrogens (tertiary/aromatic N) is 2. The number of para-hydroxylation sites is 2. The largest absolute Gasteiger partial charge is 0.391 e. The summed E-state index contributed by atoms with van der Waals surface area (Å²) < 4.78 is 0. The zero-order valence-electron chi connectivity index (χ0n) is 14.8. The molecule has 0 aliphatic carbocycles.